The zero-order valence-electron chi connectivity index (χ0n) is 12.0. The Hall–Kier alpha value is -2.43. The van der Waals surface area contributed by atoms with E-state index in [2.05, 4.69) is 10.3 Å². The van der Waals surface area contributed by atoms with Gasteiger partial charge in [0.05, 0.1) is 19.0 Å². The van der Waals surface area contributed by atoms with Crippen LogP contribution < -0.4 is 10.1 Å². The first kappa shape index (κ1) is 15.0. The smallest absolute Gasteiger partial charge is 0.225 e. The number of hydrogen-bond acceptors (Lipinski definition) is 3. The summed E-state index contributed by atoms with van der Waals surface area (Å²) in [5.74, 6) is 0.114. The Morgan fingerprint density at radius 2 is 2.00 bits per heavy atom. The van der Waals surface area contributed by atoms with Crippen LogP contribution in [-0.2, 0) is 4.79 Å². The van der Waals surface area contributed by atoms with Crippen molar-refractivity contribution in [2.75, 3.05) is 12.4 Å². The Balaban J connectivity index is 1.92. The van der Waals surface area contributed by atoms with E-state index in [0.29, 0.717) is 18.0 Å². The minimum absolute atomic E-state index is 0.0109. The van der Waals surface area contributed by atoms with Crippen molar-refractivity contribution in [3.63, 3.8) is 0 Å². The molecule has 0 saturated heterocycles. The van der Waals surface area contributed by atoms with Crippen molar-refractivity contribution in [1.29, 1.82) is 0 Å². The third-order valence-electron chi connectivity index (χ3n) is 3.16. The van der Waals surface area contributed by atoms with Gasteiger partial charge in [0.25, 0.3) is 0 Å². The zero-order valence-corrected chi connectivity index (χ0v) is 12.0. The molecule has 0 aliphatic heterocycles. The third-order valence-corrected chi connectivity index (χ3v) is 3.16. The molecule has 21 heavy (non-hydrogen) atoms. The highest BCUT2D eigenvalue weighted by atomic mass is 19.1. The van der Waals surface area contributed by atoms with Gasteiger partial charge in [-0.1, -0.05) is 19.1 Å². The normalized spacial score (nSPS) is 11.8. The van der Waals surface area contributed by atoms with E-state index in [1.807, 2.05) is 6.92 Å². The highest BCUT2D eigenvalue weighted by Gasteiger charge is 2.11. The first-order chi connectivity index (χ1) is 10.1. The van der Waals surface area contributed by atoms with Gasteiger partial charge in [-0.05, 0) is 29.7 Å². The summed E-state index contributed by atoms with van der Waals surface area (Å²) in [5, 5.41) is 2.77. The van der Waals surface area contributed by atoms with Crippen LogP contribution in [0.5, 0.6) is 5.88 Å². The summed E-state index contributed by atoms with van der Waals surface area (Å²) in [5.41, 5.74) is 1.55. The number of methoxy groups -OCH3 is 1. The summed E-state index contributed by atoms with van der Waals surface area (Å²) in [6.07, 6.45) is 1.86. The number of halogens is 1. The van der Waals surface area contributed by atoms with Crippen LogP contribution in [0.15, 0.2) is 42.6 Å². The van der Waals surface area contributed by atoms with Gasteiger partial charge in [0, 0.05) is 12.5 Å². The second-order valence-electron chi connectivity index (χ2n) is 4.79. The van der Waals surface area contributed by atoms with Gasteiger partial charge in [-0.3, -0.25) is 4.79 Å². The number of benzene rings is 1. The number of carbonyl (C=O) groups excluding carboxylic acids is 1. The van der Waals surface area contributed by atoms with Gasteiger partial charge >= 0.3 is 0 Å². The van der Waals surface area contributed by atoms with Crippen LogP contribution in [-0.4, -0.2) is 18.0 Å². The van der Waals surface area contributed by atoms with Crippen molar-refractivity contribution < 1.29 is 13.9 Å². The van der Waals surface area contributed by atoms with E-state index in [-0.39, 0.29) is 17.6 Å². The van der Waals surface area contributed by atoms with Gasteiger partial charge in [-0.15, -0.1) is 0 Å². The molecule has 1 N–H and O–H groups in total. The second-order valence-corrected chi connectivity index (χ2v) is 4.79. The van der Waals surface area contributed by atoms with Crippen LogP contribution in [0.25, 0.3) is 0 Å². The summed E-state index contributed by atoms with van der Waals surface area (Å²) in [4.78, 5) is 16.0. The van der Waals surface area contributed by atoms with Crippen LogP contribution in [0.4, 0.5) is 10.1 Å². The number of rotatable bonds is 5. The summed E-state index contributed by atoms with van der Waals surface area (Å²) in [6.45, 7) is 1.93. The second kappa shape index (κ2) is 6.83. The van der Waals surface area contributed by atoms with Crippen molar-refractivity contribution in [3.8, 4) is 5.88 Å². The first-order valence-electron chi connectivity index (χ1n) is 6.64. The van der Waals surface area contributed by atoms with Crippen molar-refractivity contribution in [1.82, 2.24) is 4.98 Å². The highest BCUT2D eigenvalue weighted by Crippen LogP contribution is 2.20. The van der Waals surface area contributed by atoms with E-state index < -0.39 is 0 Å². The number of aromatic nitrogens is 1. The van der Waals surface area contributed by atoms with E-state index in [0.717, 1.165) is 5.56 Å². The molecule has 2 aromatic rings. The predicted molar refractivity (Wildman–Crippen MR) is 78.9 cm³/mol. The predicted octanol–water partition coefficient (Wildman–Crippen LogP) is 3.36. The fourth-order valence-electron chi connectivity index (χ4n) is 1.97. The molecule has 2 rings (SSSR count). The Morgan fingerprint density at radius 3 is 2.57 bits per heavy atom. The molecule has 0 fully saturated rings. The number of carbonyl (C=O) groups is 1. The summed E-state index contributed by atoms with van der Waals surface area (Å²) < 4.78 is 17.8. The average molecular weight is 288 g/mol. The van der Waals surface area contributed by atoms with Gasteiger partial charge in [0.2, 0.25) is 11.8 Å². The van der Waals surface area contributed by atoms with Crippen LogP contribution in [0.3, 0.4) is 0 Å². The van der Waals surface area contributed by atoms with E-state index in [4.69, 9.17) is 4.74 Å². The molecule has 0 aliphatic rings. The van der Waals surface area contributed by atoms with E-state index >= 15 is 0 Å². The van der Waals surface area contributed by atoms with Crippen molar-refractivity contribution in [3.05, 3.63) is 54.0 Å². The van der Waals surface area contributed by atoms with E-state index in [9.17, 15) is 9.18 Å². The van der Waals surface area contributed by atoms with Crippen LogP contribution in [0.1, 0.15) is 24.8 Å². The monoisotopic (exact) mass is 288 g/mol. The van der Waals surface area contributed by atoms with Gasteiger partial charge < -0.3 is 10.1 Å². The maximum Gasteiger partial charge on any atom is 0.225 e. The van der Waals surface area contributed by atoms with Crippen molar-refractivity contribution in [2.24, 2.45) is 0 Å². The number of nitrogens with one attached hydrogen (secondary N) is 1. The summed E-state index contributed by atoms with van der Waals surface area (Å²) in [7, 11) is 1.53. The van der Waals surface area contributed by atoms with Gasteiger partial charge in [0.1, 0.15) is 5.82 Å². The Morgan fingerprint density at radius 1 is 1.29 bits per heavy atom. The molecule has 1 amide bonds. The maximum absolute atomic E-state index is 12.9. The largest absolute Gasteiger partial charge is 0.481 e. The van der Waals surface area contributed by atoms with Gasteiger partial charge in [0.15, 0.2) is 0 Å². The summed E-state index contributed by atoms with van der Waals surface area (Å²) >= 11 is 0. The van der Waals surface area contributed by atoms with E-state index in [1.165, 1.54) is 19.2 Å². The lowest BCUT2D eigenvalue weighted by Crippen LogP contribution is -2.14. The molecule has 0 aliphatic carbocycles. The van der Waals surface area contributed by atoms with Crippen molar-refractivity contribution in [2.45, 2.75) is 19.3 Å². The standard InChI is InChI=1S/C16H17FN2O2/c1-11(12-3-5-13(17)6-4-12)9-15(20)19-14-7-8-16(21-2)18-10-14/h3-8,10-11H,9H2,1-2H3,(H,19,20). The third kappa shape index (κ3) is 4.27. The topological polar surface area (TPSA) is 51.2 Å². The Kier molecular flexibility index (Phi) is 4.87. The molecule has 1 atom stereocenters. The van der Waals surface area contributed by atoms with Crippen LogP contribution in [0, 0.1) is 5.82 Å². The lowest BCUT2D eigenvalue weighted by molar-refractivity contribution is -0.116. The molecule has 1 unspecified atom stereocenters. The molecule has 0 radical (unpaired) electrons. The lowest BCUT2D eigenvalue weighted by Gasteiger charge is -2.12. The minimum Gasteiger partial charge on any atom is -0.481 e. The van der Waals surface area contributed by atoms with Gasteiger partial charge in [-0.25, -0.2) is 9.37 Å². The SMILES string of the molecule is COc1ccc(NC(=O)CC(C)c2ccc(F)cc2)cn1. The zero-order chi connectivity index (χ0) is 15.2. The number of amides is 1. The molecule has 4 nitrogen and oxygen atoms in total. The fraction of sp³-hybridized carbons (Fsp3) is 0.250. The first-order valence-corrected chi connectivity index (χ1v) is 6.64. The maximum atomic E-state index is 12.9. The summed E-state index contributed by atoms with van der Waals surface area (Å²) in [6, 6.07) is 9.60. The average Bonchev–Trinajstić information content (AvgIpc) is 2.48. The number of nitrogens with zero attached hydrogens (tertiary/aromatic N) is 1. The molecule has 1 aromatic carbocycles. The molecular formula is C16H17FN2O2. The number of ether oxygens (including phenoxy) is 1. The Bertz CT molecular complexity index is 597. The molecule has 1 aromatic heterocycles. The lowest BCUT2D eigenvalue weighted by atomic mass is 9.97. The quantitative estimate of drug-likeness (QED) is 0.917. The number of pyridine rings is 1. The fourth-order valence-corrected chi connectivity index (χ4v) is 1.97. The van der Waals surface area contributed by atoms with Crippen molar-refractivity contribution >= 4 is 11.6 Å². The Labute approximate surface area is 123 Å². The van der Waals surface area contributed by atoms with E-state index in [1.54, 1.807) is 30.5 Å². The molecule has 5 heteroatoms. The molecule has 0 spiro atoms. The minimum atomic E-state index is -0.278. The molecule has 0 saturated carbocycles. The van der Waals surface area contributed by atoms with Crippen LogP contribution in [0.2, 0.25) is 0 Å². The molecular weight excluding hydrogens is 271 g/mol. The molecule has 110 valence electrons. The molecule has 0 bridgehead atoms. The van der Waals surface area contributed by atoms with Crippen LogP contribution >= 0.6 is 0 Å². The highest BCUT2D eigenvalue weighted by molar-refractivity contribution is 5.91. The number of anilines is 1. The number of hydrogen-bond donors (Lipinski definition) is 1. The van der Waals surface area contributed by atoms with Gasteiger partial charge in [-0.2, -0.15) is 0 Å². The molecule has 1 heterocycles.